The van der Waals surface area contributed by atoms with Crippen LogP contribution >= 0.6 is 0 Å². The van der Waals surface area contributed by atoms with Gasteiger partial charge in [0.05, 0.1) is 23.4 Å². The van der Waals surface area contributed by atoms with E-state index >= 15 is 0 Å². The van der Waals surface area contributed by atoms with Crippen LogP contribution in [0.5, 0.6) is 0 Å². The zero-order valence-electron chi connectivity index (χ0n) is 10.2. The molecule has 0 unspecified atom stereocenters. The Morgan fingerprint density at radius 3 is 2.65 bits per heavy atom. The van der Waals surface area contributed by atoms with Gasteiger partial charge in [0.25, 0.3) is 0 Å². The van der Waals surface area contributed by atoms with Gasteiger partial charge in [0.15, 0.2) is 0 Å². The van der Waals surface area contributed by atoms with Gasteiger partial charge in [0.2, 0.25) is 5.95 Å². The summed E-state index contributed by atoms with van der Waals surface area (Å²) < 4.78 is 0. The summed E-state index contributed by atoms with van der Waals surface area (Å²) in [5.41, 5.74) is 0.0408. The highest BCUT2D eigenvalue weighted by Crippen LogP contribution is 2.13. The summed E-state index contributed by atoms with van der Waals surface area (Å²) >= 11 is 0. The maximum Gasteiger partial charge on any atom is 0.339 e. The lowest BCUT2D eigenvalue weighted by Crippen LogP contribution is -2.35. The van der Waals surface area contributed by atoms with Crippen LogP contribution in [-0.2, 0) is 6.42 Å². The Labute approximate surface area is 99.7 Å². The normalized spacial score (nSPS) is 11.3. The molecule has 0 aliphatic carbocycles. The number of aliphatic hydroxyl groups is 1. The SMILES string of the molecule is CCc1nc(NC(C)(C)CO)ncc1C(=O)O. The highest BCUT2D eigenvalue weighted by Gasteiger charge is 2.19. The van der Waals surface area contributed by atoms with Crippen LogP contribution < -0.4 is 5.32 Å². The number of aryl methyl sites for hydroxylation is 1. The van der Waals surface area contributed by atoms with Crippen LogP contribution in [-0.4, -0.2) is 38.3 Å². The molecule has 0 aliphatic rings. The molecule has 0 fully saturated rings. The van der Waals surface area contributed by atoms with E-state index in [9.17, 15) is 4.79 Å². The number of aromatic nitrogens is 2. The lowest BCUT2D eigenvalue weighted by atomic mass is 10.1. The average molecular weight is 239 g/mol. The molecule has 1 aromatic heterocycles. The molecule has 94 valence electrons. The lowest BCUT2D eigenvalue weighted by Gasteiger charge is -2.23. The summed E-state index contributed by atoms with van der Waals surface area (Å²) in [6.45, 7) is 5.36. The van der Waals surface area contributed by atoms with E-state index in [1.165, 1.54) is 6.20 Å². The largest absolute Gasteiger partial charge is 0.478 e. The van der Waals surface area contributed by atoms with E-state index in [0.29, 0.717) is 18.1 Å². The Kier molecular flexibility index (Phi) is 4.01. The highest BCUT2D eigenvalue weighted by molar-refractivity contribution is 5.88. The molecule has 0 aliphatic heterocycles. The quantitative estimate of drug-likeness (QED) is 0.707. The summed E-state index contributed by atoms with van der Waals surface area (Å²) in [6.07, 6.45) is 1.79. The summed E-state index contributed by atoms with van der Waals surface area (Å²) in [6, 6.07) is 0. The molecule has 0 atom stereocenters. The monoisotopic (exact) mass is 239 g/mol. The van der Waals surface area contributed by atoms with E-state index < -0.39 is 11.5 Å². The third kappa shape index (κ3) is 3.39. The number of hydrogen-bond donors (Lipinski definition) is 3. The average Bonchev–Trinajstić information content (AvgIpc) is 2.28. The van der Waals surface area contributed by atoms with Gasteiger partial charge < -0.3 is 15.5 Å². The first kappa shape index (κ1) is 13.4. The van der Waals surface area contributed by atoms with Crippen LogP contribution in [0.4, 0.5) is 5.95 Å². The molecule has 3 N–H and O–H groups in total. The number of carbonyl (C=O) groups is 1. The Hall–Kier alpha value is -1.69. The Morgan fingerprint density at radius 1 is 1.53 bits per heavy atom. The molecule has 0 aromatic carbocycles. The fourth-order valence-corrected chi connectivity index (χ4v) is 1.27. The van der Waals surface area contributed by atoms with Crippen molar-refractivity contribution in [2.75, 3.05) is 11.9 Å². The van der Waals surface area contributed by atoms with Crippen molar-refractivity contribution in [1.82, 2.24) is 9.97 Å². The molecule has 0 spiro atoms. The number of carboxylic acids is 1. The third-order valence-corrected chi connectivity index (χ3v) is 2.28. The van der Waals surface area contributed by atoms with Crippen LogP contribution in [0.2, 0.25) is 0 Å². The predicted molar refractivity (Wildman–Crippen MR) is 63.2 cm³/mol. The van der Waals surface area contributed by atoms with Crippen molar-refractivity contribution in [2.24, 2.45) is 0 Å². The fourth-order valence-electron chi connectivity index (χ4n) is 1.27. The first-order valence-electron chi connectivity index (χ1n) is 5.38. The molecular formula is C11H17N3O3. The van der Waals surface area contributed by atoms with Gasteiger partial charge in [0, 0.05) is 6.20 Å². The lowest BCUT2D eigenvalue weighted by molar-refractivity contribution is 0.0694. The van der Waals surface area contributed by atoms with Gasteiger partial charge in [-0.1, -0.05) is 6.92 Å². The summed E-state index contributed by atoms with van der Waals surface area (Å²) in [5, 5.41) is 21.0. The molecule has 1 rings (SSSR count). The van der Waals surface area contributed by atoms with Crippen molar-refractivity contribution in [3.63, 3.8) is 0 Å². The van der Waals surface area contributed by atoms with Gasteiger partial charge in [-0.2, -0.15) is 0 Å². The molecule has 0 radical (unpaired) electrons. The second-order valence-corrected chi connectivity index (χ2v) is 4.38. The predicted octanol–water partition coefficient (Wildman–Crippen LogP) is 0.920. The van der Waals surface area contributed by atoms with Gasteiger partial charge in [-0.3, -0.25) is 0 Å². The van der Waals surface area contributed by atoms with Gasteiger partial charge in [-0.15, -0.1) is 0 Å². The standard InChI is InChI=1S/C11H17N3O3/c1-4-8-7(9(16)17)5-12-10(13-8)14-11(2,3)6-15/h5,15H,4,6H2,1-3H3,(H,16,17)(H,12,13,14). The smallest absolute Gasteiger partial charge is 0.339 e. The number of aromatic carboxylic acids is 1. The summed E-state index contributed by atoms with van der Waals surface area (Å²) in [5.74, 6) is -0.708. The highest BCUT2D eigenvalue weighted by atomic mass is 16.4. The number of nitrogens with one attached hydrogen (secondary N) is 1. The molecule has 0 amide bonds. The minimum atomic E-state index is -1.03. The number of anilines is 1. The maximum atomic E-state index is 10.9. The summed E-state index contributed by atoms with van der Waals surface area (Å²) in [7, 11) is 0. The van der Waals surface area contributed by atoms with Crippen molar-refractivity contribution < 1.29 is 15.0 Å². The second kappa shape index (κ2) is 5.09. The Balaban J connectivity index is 3.02. The zero-order chi connectivity index (χ0) is 13.1. The second-order valence-electron chi connectivity index (χ2n) is 4.38. The van der Waals surface area contributed by atoms with Crippen LogP contribution in [0.1, 0.15) is 36.8 Å². The number of carboxylic acid groups (broad SMARTS) is 1. The molecule has 0 saturated carbocycles. The molecule has 6 heteroatoms. The molecule has 1 heterocycles. The van der Waals surface area contributed by atoms with E-state index in [1.54, 1.807) is 13.8 Å². The minimum Gasteiger partial charge on any atom is -0.478 e. The van der Waals surface area contributed by atoms with Crippen LogP contribution in [0.25, 0.3) is 0 Å². The Morgan fingerprint density at radius 2 is 2.18 bits per heavy atom. The van der Waals surface area contributed by atoms with Gasteiger partial charge in [-0.05, 0) is 20.3 Å². The molecule has 17 heavy (non-hydrogen) atoms. The van der Waals surface area contributed by atoms with E-state index in [4.69, 9.17) is 10.2 Å². The first-order chi connectivity index (χ1) is 7.89. The van der Waals surface area contributed by atoms with Crippen molar-refractivity contribution in [3.05, 3.63) is 17.5 Å². The van der Waals surface area contributed by atoms with E-state index in [-0.39, 0.29) is 12.2 Å². The number of aliphatic hydroxyl groups excluding tert-OH is 1. The number of nitrogens with zero attached hydrogens (tertiary/aromatic N) is 2. The number of rotatable bonds is 5. The molecule has 1 aromatic rings. The van der Waals surface area contributed by atoms with Crippen molar-refractivity contribution in [2.45, 2.75) is 32.7 Å². The van der Waals surface area contributed by atoms with Crippen molar-refractivity contribution in [1.29, 1.82) is 0 Å². The molecule has 6 nitrogen and oxygen atoms in total. The zero-order valence-corrected chi connectivity index (χ0v) is 10.2. The van der Waals surface area contributed by atoms with Crippen molar-refractivity contribution in [3.8, 4) is 0 Å². The minimum absolute atomic E-state index is 0.0709. The number of hydrogen-bond acceptors (Lipinski definition) is 5. The van der Waals surface area contributed by atoms with Crippen LogP contribution in [0.15, 0.2) is 6.20 Å². The Bertz CT molecular complexity index is 418. The van der Waals surface area contributed by atoms with E-state index in [0.717, 1.165) is 0 Å². The summed E-state index contributed by atoms with van der Waals surface area (Å²) in [4.78, 5) is 19.0. The van der Waals surface area contributed by atoms with Gasteiger partial charge >= 0.3 is 5.97 Å². The maximum absolute atomic E-state index is 10.9. The van der Waals surface area contributed by atoms with E-state index in [1.807, 2.05) is 6.92 Å². The van der Waals surface area contributed by atoms with Crippen molar-refractivity contribution >= 4 is 11.9 Å². The van der Waals surface area contributed by atoms with E-state index in [2.05, 4.69) is 15.3 Å². The third-order valence-electron chi connectivity index (χ3n) is 2.28. The molecular weight excluding hydrogens is 222 g/mol. The van der Waals surface area contributed by atoms with Gasteiger partial charge in [-0.25, -0.2) is 14.8 Å². The fraction of sp³-hybridized carbons (Fsp3) is 0.545. The van der Waals surface area contributed by atoms with Gasteiger partial charge in [0.1, 0.15) is 0 Å². The molecule has 0 saturated heterocycles. The molecule has 0 bridgehead atoms. The van der Waals surface area contributed by atoms with Crippen LogP contribution in [0, 0.1) is 0 Å². The van der Waals surface area contributed by atoms with Crippen LogP contribution in [0.3, 0.4) is 0 Å². The topological polar surface area (TPSA) is 95.3 Å². The first-order valence-corrected chi connectivity index (χ1v) is 5.38.